The summed E-state index contributed by atoms with van der Waals surface area (Å²) in [5.74, 6) is -1.77. The SMILES string of the molecule is CCC(=O)C1CCCCC1C(=O)[O-].[CH2]C.[Zn]. The first-order valence-electron chi connectivity index (χ1n) is 5.61. The van der Waals surface area contributed by atoms with E-state index in [4.69, 9.17) is 0 Å². The van der Waals surface area contributed by atoms with E-state index in [0.29, 0.717) is 12.8 Å². The van der Waals surface area contributed by atoms with Crippen LogP contribution >= 0.6 is 0 Å². The van der Waals surface area contributed by atoms with Crippen LogP contribution < -0.4 is 5.11 Å². The summed E-state index contributed by atoms with van der Waals surface area (Å²) in [6, 6.07) is 0. The van der Waals surface area contributed by atoms with Gasteiger partial charge in [0.15, 0.2) is 0 Å². The summed E-state index contributed by atoms with van der Waals surface area (Å²) >= 11 is 0. The van der Waals surface area contributed by atoms with Crippen LogP contribution in [0.2, 0.25) is 0 Å². The third kappa shape index (κ3) is 5.20. The number of ketones is 1. The van der Waals surface area contributed by atoms with Gasteiger partial charge in [-0.15, -0.1) is 0 Å². The predicted molar refractivity (Wildman–Crippen MR) is 56.8 cm³/mol. The van der Waals surface area contributed by atoms with Crippen molar-refractivity contribution in [3.8, 4) is 0 Å². The van der Waals surface area contributed by atoms with Crippen LogP contribution in [0.4, 0.5) is 0 Å². The van der Waals surface area contributed by atoms with Gasteiger partial charge in [0.1, 0.15) is 5.78 Å². The first kappa shape index (κ1) is 18.1. The van der Waals surface area contributed by atoms with Gasteiger partial charge in [-0.2, -0.15) is 0 Å². The maximum Gasteiger partial charge on any atom is 0.136 e. The minimum atomic E-state index is -1.05. The molecule has 0 amide bonds. The molecule has 0 N–H and O–H groups in total. The van der Waals surface area contributed by atoms with Gasteiger partial charge in [-0.25, -0.2) is 0 Å². The Morgan fingerprint density at radius 3 is 2.00 bits per heavy atom. The van der Waals surface area contributed by atoms with E-state index in [1.54, 1.807) is 13.8 Å². The molecule has 16 heavy (non-hydrogen) atoms. The molecule has 3 nitrogen and oxygen atoms in total. The quantitative estimate of drug-likeness (QED) is 0.732. The molecular weight excluding hydrogens is 258 g/mol. The van der Waals surface area contributed by atoms with Crippen molar-refractivity contribution in [1.29, 1.82) is 0 Å². The van der Waals surface area contributed by atoms with Gasteiger partial charge >= 0.3 is 0 Å². The van der Waals surface area contributed by atoms with E-state index < -0.39 is 11.9 Å². The Bertz CT molecular complexity index is 216. The third-order valence-electron chi connectivity index (χ3n) is 2.83. The largest absolute Gasteiger partial charge is 0.550 e. The molecule has 4 heteroatoms. The van der Waals surface area contributed by atoms with E-state index in [2.05, 4.69) is 6.92 Å². The molecule has 0 aromatic rings. The Morgan fingerprint density at radius 1 is 1.19 bits per heavy atom. The second-order valence-corrected chi connectivity index (χ2v) is 3.64. The number of carboxylic acids is 1. The molecule has 1 rings (SSSR count). The summed E-state index contributed by atoms with van der Waals surface area (Å²) in [4.78, 5) is 22.1. The van der Waals surface area contributed by atoms with Gasteiger partial charge in [0.2, 0.25) is 0 Å². The van der Waals surface area contributed by atoms with Gasteiger partial charge in [0.05, 0.1) is 0 Å². The van der Waals surface area contributed by atoms with Gasteiger partial charge in [-0.05, 0) is 12.8 Å². The molecule has 0 bridgehead atoms. The minimum Gasteiger partial charge on any atom is -0.550 e. The molecule has 89 valence electrons. The number of carbonyl (C=O) groups excluding carboxylic acids is 2. The number of aliphatic carboxylic acids is 1. The molecule has 1 radical (unpaired) electrons. The molecule has 0 aliphatic heterocycles. The van der Waals surface area contributed by atoms with Gasteiger partial charge in [0.25, 0.3) is 0 Å². The van der Waals surface area contributed by atoms with E-state index >= 15 is 0 Å². The van der Waals surface area contributed by atoms with Crippen molar-refractivity contribution >= 4 is 11.8 Å². The number of carboxylic acid groups (broad SMARTS) is 1. The van der Waals surface area contributed by atoms with Gasteiger partial charge < -0.3 is 9.90 Å². The van der Waals surface area contributed by atoms with Gasteiger partial charge in [0, 0.05) is 43.7 Å². The topological polar surface area (TPSA) is 57.2 Å². The molecule has 0 spiro atoms. The Labute approximate surface area is 111 Å². The van der Waals surface area contributed by atoms with Crippen molar-refractivity contribution in [2.45, 2.75) is 46.0 Å². The number of hydrogen-bond donors (Lipinski definition) is 0. The van der Waals surface area contributed by atoms with E-state index in [0.717, 1.165) is 19.3 Å². The standard InChI is InChI=1S/C10H16O3.C2H5.Zn/c1-2-9(11)7-5-3-4-6-8(7)10(12)13;1-2;/h7-8H,2-6H2,1H3,(H,12,13);1H2,2H3;/p-1. The molecule has 0 aromatic heterocycles. The fraction of sp³-hybridized carbons (Fsp3) is 0.750. The molecule has 1 aliphatic rings. The summed E-state index contributed by atoms with van der Waals surface area (Å²) in [7, 11) is 0. The third-order valence-corrected chi connectivity index (χ3v) is 2.83. The van der Waals surface area contributed by atoms with Crippen LogP contribution in [0.25, 0.3) is 0 Å². The van der Waals surface area contributed by atoms with Crippen LogP contribution in [0.5, 0.6) is 0 Å². The fourth-order valence-corrected chi connectivity index (χ4v) is 2.06. The second kappa shape index (κ2) is 9.95. The molecule has 0 heterocycles. The van der Waals surface area contributed by atoms with Crippen molar-refractivity contribution in [3.63, 3.8) is 0 Å². The molecule has 1 saturated carbocycles. The van der Waals surface area contributed by atoms with Crippen molar-refractivity contribution in [3.05, 3.63) is 6.92 Å². The maximum absolute atomic E-state index is 11.4. The smallest absolute Gasteiger partial charge is 0.136 e. The fourth-order valence-electron chi connectivity index (χ4n) is 2.06. The number of hydrogen-bond acceptors (Lipinski definition) is 3. The maximum atomic E-state index is 11.4. The van der Waals surface area contributed by atoms with Crippen LogP contribution in [0, 0.1) is 18.8 Å². The zero-order chi connectivity index (χ0) is 11.8. The first-order chi connectivity index (χ1) is 7.16. The summed E-state index contributed by atoms with van der Waals surface area (Å²) < 4.78 is 0. The van der Waals surface area contributed by atoms with Crippen molar-refractivity contribution < 1.29 is 34.2 Å². The molecule has 1 fully saturated rings. The molecular formula is C12H20O3Zn-. The first-order valence-corrected chi connectivity index (χ1v) is 5.61. The van der Waals surface area contributed by atoms with Crippen LogP contribution in [-0.2, 0) is 29.1 Å². The summed E-state index contributed by atoms with van der Waals surface area (Å²) in [6.07, 6.45) is 3.66. The molecule has 2 atom stereocenters. The zero-order valence-corrected chi connectivity index (χ0v) is 13.3. The van der Waals surface area contributed by atoms with Crippen LogP contribution in [0.15, 0.2) is 0 Å². The van der Waals surface area contributed by atoms with Crippen LogP contribution in [-0.4, -0.2) is 11.8 Å². The van der Waals surface area contributed by atoms with Crippen molar-refractivity contribution in [1.82, 2.24) is 0 Å². The monoisotopic (exact) mass is 276 g/mol. The summed E-state index contributed by atoms with van der Waals surface area (Å²) in [5, 5.41) is 10.7. The molecule has 2 unspecified atom stereocenters. The van der Waals surface area contributed by atoms with E-state index in [9.17, 15) is 14.7 Å². The molecule has 1 aliphatic carbocycles. The van der Waals surface area contributed by atoms with Crippen LogP contribution in [0.1, 0.15) is 46.0 Å². The Balaban J connectivity index is 0. The molecule has 0 saturated heterocycles. The Hall–Kier alpha value is -0.237. The average Bonchev–Trinajstić information content (AvgIpc) is 2.30. The van der Waals surface area contributed by atoms with E-state index in [-0.39, 0.29) is 31.2 Å². The van der Waals surface area contributed by atoms with Gasteiger partial charge in [-0.1, -0.05) is 33.6 Å². The zero-order valence-electron chi connectivity index (χ0n) is 10.3. The Morgan fingerprint density at radius 2 is 1.62 bits per heavy atom. The predicted octanol–water partition coefficient (Wildman–Crippen LogP) is 1.36. The van der Waals surface area contributed by atoms with Crippen molar-refractivity contribution in [2.24, 2.45) is 11.8 Å². The van der Waals surface area contributed by atoms with E-state index in [1.165, 1.54) is 0 Å². The normalized spacial score (nSPS) is 23.4. The van der Waals surface area contributed by atoms with Crippen LogP contribution in [0.3, 0.4) is 0 Å². The van der Waals surface area contributed by atoms with Crippen molar-refractivity contribution in [2.75, 3.05) is 0 Å². The number of carbonyl (C=O) groups is 2. The number of rotatable bonds is 3. The number of Topliss-reactive ketones (excluding diaryl/α,β-unsaturated/α-hetero) is 1. The minimum absolute atomic E-state index is 0. The summed E-state index contributed by atoms with van der Waals surface area (Å²) in [6.45, 7) is 6.78. The Kier molecular flexibility index (Phi) is 11.3. The van der Waals surface area contributed by atoms with Gasteiger partial charge in [-0.3, -0.25) is 4.79 Å². The average molecular weight is 278 g/mol. The summed E-state index contributed by atoms with van der Waals surface area (Å²) in [5.41, 5.74) is 0. The van der Waals surface area contributed by atoms with E-state index in [1.807, 2.05) is 0 Å². The molecule has 0 aromatic carbocycles. The second-order valence-electron chi connectivity index (χ2n) is 3.64.